The van der Waals surface area contributed by atoms with Crippen LogP contribution in [0.4, 0.5) is 0 Å². The molecular weight excluding hydrogens is 837 g/mol. The van der Waals surface area contributed by atoms with Crippen molar-refractivity contribution >= 4 is 11.9 Å². The van der Waals surface area contributed by atoms with Crippen molar-refractivity contribution < 1.29 is 23.8 Å². The van der Waals surface area contributed by atoms with Gasteiger partial charge in [0.25, 0.3) is 0 Å². The second kappa shape index (κ2) is 57.1. The average molecular weight is 937 g/mol. The third kappa shape index (κ3) is 54.4. The van der Waals surface area contributed by atoms with Crippen LogP contribution in [-0.4, -0.2) is 37.9 Å². The summed E-state index contributed by atoms with van der Waals surface area (Å²) in [5, 5.41) is 0. The molecular formula is C63H100O5. The molecule has 1 unspecified atom stereocenters. The Kier molecular flexibility index (Phi) is 53.6. The van der Waals surface area contributed by atoms with Gasteiger partial charge in [-0.05, 0) is 135 Å². The monoisotopic (exact) mass is 937 g/mol. The first-order valence-corrected chi connectivity index (χ1v) is 27.4. The highest BCUT2D eigenvalue weighted by Crippen LogP contribution is 2.12. The van der Waals surface area contributed by atoms with E-state index in [0.717, 1.165) is 154 Å². The lowest BCUT2D eigenvalue weighted by Gasteiger charge is -2.18. The summed E-state index contributed by atoms with van der Waals surface area (Å²) in [7, 11) is 0. The Hall–Kier alpha value is -4.22. The quantitative estimate of drug-likeness (QED) is 0.0346. The molecule has 0 aliphatic heterocycles. The van der Waals surface area contributed by atoms with Crippen molar-refractivity contribution in [2.75, 3.05) is 19.8 Å². The molecule has 0 aliphatic carbocycles. The van der Waals surface area contributed by atoms with E-state index in [1.54, 1.807) is 0 Å². The highest BCUT2D eigenvalue weighted by atomic mass is 16.6. The topological polar surface area (TPSA) is 61.8 Å². The van der Waals surface area contributed by atoms with E-state index in [1.165, 1.54) is 25.7 Å². The second-order valence-corrected chi connectivity index (χ2v) is 17.3. The summed E-state index contributed by atoms with van der Waals surface area (Å²) in [6.07, 6.45) is 82.9. The Balaban J connectivity index is 4.43. The maximum Gasteiger partial charge on any atom is 0.306 e. The molecule has 0 saturated carbocycles. The van der Waals surface area contributed by atoms with Crippen LogP contribution >= 0.6 is 0 Å². The van der Waals surface area contributed by atoms with Crippen LogP contribution in [0.25, 0.3) is 0 Å². The smallest absolute Gasteiger partial charge is 0.306 e. The minimum atomic E-state index is -0.581. The molecule has 1 atom stereocenters. The molecule has 5 heteroatoms. The Morgan fingerprint density at radius 1 is 0.324 bits per heavy atom. The fraction of sp³-hybridized carbons (Fsp3) is 0.587. The molecule has 0 aliphatic rings. The van der Waals surface area contributed by atoms with Gasteiger partial charge in [-0.15, -0.1) is 0 Å². The molecule has 0 aromatic carbocycles. The van der Waals surface area contributed by atoms with Crippen LogP contribution in [0.3, 0.4) is 0 Å². The van der Waals surface area contributed by atoms with Crippen LogP contribution in [0, 0.1) is 0 Å². The molecule has 0 saturated heterocycles. The summed E-state index contributed by atoms with van der Waals surface area (Å²) >= 11 is 0. The molecule has 0 aromatic rings. The van der Waals surface area contributed by atoms with E-state index in [4.69, 9.17) is 14.2 Å². The van der Waals surface area contributed by atoms with Gasteiger partial charge in [-0.25, -0.2) is 0 Å². The van der Waals surface area contributed by atoms with Crippen molar-refractivity contribution in [3.8, 4) is 0 Å². The summed E-state index contributed by atoms with van der Waals surface area (Å²) in [5.41, 5.74) is 0. The van der Waals surface area contributed by atoms with Crippen LogP contribution < -0.4 is 0 Å². The summed E-state index contributed by atoms with van der Waals surface area (Å²) in [4.78, 5) is 25.5. The molecule has 0 fully saturated rings. The van der Waals surface area contributed by atoms with Gasteiger partial charge in [-0.2, -0.15) is 0 Å². The first kappa shape index (κ1) is 63.8. The standard InChI is InChI=1S/C63H100O5/c1-4-7-10-13-16-19-22-25-28-30-32-34-36-38-41-44-47-50-53-56-62(64)67-60-61(59-66-58-55-52-49-46-43-40-27-24-21-18-15-12-9-6-3)68-63(65)57-54-51-48-45-42-39-37-35-33-31-29-26-23-20-17-14-11-8-5-2/h7-12,16-21,25-29,32-35,38,40-41,61H,4-6,13-15,22-24,30-31,36-37,39,42-60H2,1-3H3/b10-7-,11-8-,12-9-,19-16-,20-17-,21-18-,28-25-,29-26-,34-32-,35-33-,40-27-,41-38-. The number of rotatable bonds is 48. The van der Waals surface area contributed by atoms with E-state index in [9.17, 15) is 9.59 Å². The van der Waals surface area contributed by atoms with E-state index in [1.807, 2.05) is 0 Å². The van der Waals surface area contributed by atoms with E-state index in [-0.39, 0.29) is 25.2 Å². The SMILES string of the molecule is CC/C=C\C/C=C\C/C=C\C/C=C\C/C=C\CCCCCC(=O)OCC(COCCCCCC/C=C\C/C=C\C/C=C\CC)OC(=O)CCCCCCCC/C=C\C/C=C\C/C=C\C/C=C\CC. The van der Waals surface area contributed by atoms with Gasteiger partial charge in [0.1, 0.15) is 6.61 Å². The first-order valence-electron chi connectivity index (χ1n) is 27.4. The van der Waals surface area contributed by atoms with Gasteiger partial charge in [0.05, 0.1) is 6.61 Å². The number of unbranched alkanes of at least 4 members (excludes halogenated alkanes) is 13. The van der Waals surface area contributed by atoms with E-state index >= 15 is 0 Å². The van der Waals surface area contributed by atoms with Gasteiger partial charge in [-0.3, -0.25) is 9.59 Å². The van der Waals surface area contributed by atoms with Crippen molar-refractivity contribution in [3.05, 3.63) is 146 Å². The molecule has 382 valence electrons. The third-order valence-electron chi connectivity index (χ3n) is 10.9. The summed E-state index contributed by atoms with van der Waals surface area (Å²) in [5.74, 6) is -0.474. The van der Waals surface area contributed by atoms with Crippen molar-refractivity contribution in [3.63, 3.8) is 0 Å². The zero-order valence-corrected chi connectivity index (χ0v) is 43.8. The van der Waals surface area contributed by atoms with Crippen molar-refractivity contribution in [2.45, 2.75) is 219 Å². The lowest BCUT2D eigenvalue weighted by atomic mass is 10.1. The number of ether oxygens (including phenoxy) is 3. The fourth-order valence-corrected chi connectivity index (χ4v) is 6.89. The van der Waals surface area contributed by atoms with Crippen LogP contribution in [0.15, 0.2) is 146 Å². The predicted octanol–water partition coefficient (Wildman–Crippen LogP) is 18.9. The second-order valence-electron chi connectivity index (χ2n) is 17.3. The maximum atomic E-state index is 12.8. The molecule has 68 heavy (non-hydrogen) atoms. The molecule has 0 aromatic heterocycles. The van der Waals surface area contributed by atoms with Crippen LogP contribution in [-0.2, 0) is 23.8 Å². The number of carbonyl (C=O) groups is 2. The number of carbonyl (C=O) groups excluding carboxylic acids is 2. The maximum absolute atomic E-state index is 12.8. The number of esters is 2. The summed E-state index contributed by atoms with van der Waals surface area (Å²) in [6, 6.07) is 0. The highest BCUT2D eigenvalue weighted by Gasteiger charge is 2.17. The minimum absolute atomic E-state index is 0.0425. The average Bonchev–Trinajstić information content (AvgIpc) is 3.34. The van der Waals surface area contributed by atoms with Crippen molar-refractivity contribution in [2.24, 2.45) is 0 Å². The fourth-order valence-electron chi connectivity index (χ4n) is 6.89. The summed E-state index contributed by atoms with van der Waals surface area (Å²) < 4.78 is 17.4. The lowest BCUT2D eigenvalue weighted by Crippen LogP contribution is -2.30. The molecule has 0 amide bonds. The normalized spacial score (nSPS) is 13.4. The molecule has 0 spiro atoms. The van der Waals surface area contributed by atoms with E-state index in [2.05, 4.69) is 167 Å². The van der Waals surface area contributed by atoms with Gasteiger partial charge >= 0.3 is 11.9 Å². The molecule has 0 radical (unpaired) electrons. The first-order chi connectivity index (χ1) is 33.6. The zero-order chi connectivity index (χ0) is 49.2. The van der Waals surface area contributed by atoms with Gasteiger partial charge in [-0.1, -0.05) is 212 Å². The number of allylic oxidation sites excluding steroid dienone is 24. The molecule has 0 heterocycles. The Morgan fingerprint density at radius 2 is 0.618 bits per heavy atom. The molecule has 0 rings (SSSR count). The lowest BCUT2D eigenvalue weighted by molar-refractivity contribution is -0.163. The zero-order valence-electron chi connectivity index (χ0n) is 43.8. The third-order valence-corrected chi connectivity index (χ3v) is 10.9. The van der Waals surface area contributed by atoms with Gasteiger partial charge < -0.3 is 14.2 Å². The van der Waals surface area contributed by atoms with Crippen LogP contribution in [0.1, 0.15) is 213 Å². The highest BCUT2D eigenvalue weighted by molar-refractivity contribution is 5.70. The molecule has 5 nitrogen and oxygen atoms in total. The predicted molar refractivity (Wildman–Crippen MR) is 297 cm³/mol. The van der Waals surface area contributed by atoms with Crippen LogP contribution in [0.5, 0.6) is 0 Å². The minimum Gasteiger partial charge on any atom is -0.462 e. The molecule has 0 N–H and O–H groups in total. The van der Waals surface area contributed by atoms with Gasteiger partial charge in [0, 0.05) is 19.4 Å². The summed E-state index contributed by atoms with van der Waals surface area (Å²) in [6.45, 7) is 7.37. The van der Waals surface area contributed by atoms with E-state index < -0.39 is 6.10 Å². The van der Waals surface area contributed by atoms with Crippen molar-refractivity contribution in [1.82, 2.24) is 0 Å². The Morgan fingerprint density at radius 3 is 1.00 bits per heavy atom. The van der Waals surface area contributed by atoms with E-state index in [0.29, 0.717) is 19.4 Å². The van der Waals surface area contributed by atoms with Crippen LogP contribution in [0.2, 0.25) is 0 Å². The van der Waals surface area contributed by atoms with Gasteiger partial charge in [0.2, 0.25) is 0 Å². The Bertz CT molecular complexity index is 1480. The largest absolute Gasteiger partial charge is 0.462 e. The van der Waals surface area contributed by atoms with Crippen molar-refractivity contribution in [1.29, 1.82) is 0 Å². The molecule has 0 bridgehead atoms. The Labute approximate surface area is 419 Å². The van der Waals surface area contributed by atoms with Gasteiger partial charge in [0.15, 0.2) is 6.10 Å². The number of hydrogen-bond donors (Lipinski definition) is 0. The number of hydrogen-bond acceptors (Lipinski definition) is 5.